The molecule has 5 aromatic rings. The van der Waals surface area contributed by atoms with Gasteiger partial charge in [-0.3, -0.25) is 9.59 Å². The Morgan fingerprint density at radius 1 is 0.514 bits per heavy atom. The Kier molecular flexibility index (Phi) is 17.6. The zero-order chi connectivity index (χ0) is 49.0. The normalized spacial score (nSPS) is 18.8. The van der Waals surface area contributed by atoms with Gasteiger partial charge in [0, 0.05) is 23.5 Å². The highest BCUT2D eigenvalue weighted by Gasteiger charge is 2.41. The van der Waals surface area contributed by atoms with E-state index in [1.165, 1.54) is 151 Å². The summed E-state index contributed by atoms with van der Waals surface area (Å²) in [5.74, 6) is 1.23. The largest absolute Gasteiger partial charge is 0.504 e. The molecule has 0 spiro atoms. The number of ether oxygens (including phenoxy) is 2. The number of ketones is 2. The summed E-state index contributed by atoms with van der Waals surface area (Å²) in [4.78, 5) is 29.5. The first-order chi connectivity index (χ1) is 34.1. The number of carbonyl (C=O) groups excluding carboxylic acids is 2. The third kappa shape index (κ3) is 12.2. The predicted molar refractivity (Wildman–Crippen MR) is 285 cm³/mol. The van der Waals surface area contributed by atoms with Gasteiger partial charge in [0.05, 0.1) is 27.9 Å². The number of nitrogen functional groups attached to an aromatic ring is 1. The van der Waals surface area contributed by atoms with Crippen molar-refractivity contribution in [3.05, 3.63) is 124 Å². The monoisotopic (exact) mass is 947 g/mol. The SMILES string of the molecule is CCCCCCCC1CCC(c2ccc(Oc3cc(N)c4c(c3O)C(=O)c3c(Nc5ccc(CCCC)cc5)cc(Oc5ccc(C6CCC(CCCCCCC)CC6)cc5)c(O)c3C4=O)cc2)CC1. The fourth-order valence-corrected chi connectivity index (χ4v) is 11.5. The van der Waals surface area contributed by atoms with Crippen LogP contribution in [0.15, 0.2) is 84.9 Å². The third-order valence-corrected chi connectivity index (χ3v) is 15.8. The minimum atomic E-state index is -0.702. The van der Waals surface area contributed by atoms with Crippen molar-refractivity contribution in [3.8, 4) is 34.5 Å². The van der Waals surface area contributed by atoms with E-state index in [1.54, 1.807) is 6.07 Å². The van der Waals surface area contributed by atoms with Crippen molar-refractivity contribution in [2.24, 2.45) is 11.8 Å². The summed E-state index contributed by atoms with van der Waals surface area (Å²) in [6, 6.07) is 26.8. The first kappa shape index (κ1) is 50.6. The molecule has 8 rings (SSSR count). The molecule has 3 aliphatic rings. The van der Waals surface area contributed by atoms with E-state index in [0.717, 1.165) is 31.1 Å². The van der Waals surface area contributed by atoms with Crippen molar-refractivity contribution in [2.75, 3.05) is 11.1 Å². The number of anilines is 3. The van der Waals surface area contributed by atoms with E-state index in [1.807, 2.05) is 48.5 Å². The van der Waals surface area contributed by atoms with Gasteiger partial charge in [-0.15, -0.1) is 0 Å². The van der Waals surface area contributed by atoms with Crippen LogP contribution >= 0.6 is 0 Å². The summed E-state index contributed by atoms with van der Waals surface area (Å²) in [6.45, 7) is 6.69. The lowest BCUT2D eigenvalue weighted by Crippen LogP contribution is -2.24. The number of nitrogens with one attached hydrogen (secondary N) is 1. The minimum Gasteiger partial charge on any atom is -0.504 e. The van der Waals surface area contributed by atoms with Crippen LogP contribution in [-0.2, 0) is 6.42 Å². The summed E-state index contributed by atoms with van der Waals surface area (Å²) in [6.07, 6.45) is 28.8. The number of unbranched alkanes of at least 4 members (excludes halogenated alkanes) is 9. The standard InChI is InChI=1S/C62H78N2O6/c1-4-7-10-12-14-17-42-19-25-44(26-20-42)46-29-35-49(36-30-46)69-53-39-51(63)55-57(59(53)65)62(68)56-52(64-48-33-23-41(24-34-48)16-9-6-3)40-54(60(66)58(56)61(55)67)70-50-37-31-47(32-38-50)45-27-21-43(22-28-45)18-15-13-11-8-5-2/h23-24,29-40,42-45,64-66H,4-22,25-28,63H2,1-3H3. The Morgan fingerprint density at radius 2 is 0.957 bits per heavy atom. The van der Waals surface area contributed by atoms with Crippen LogP contribution in [0.1, 0.15) is 222 Å². The molecule has 8 nitrogen and oxygen atoms in total. The Hall–Kier alpha value is -5.76. The zero-order valence-electron chi connectivity index (χ0n) is 42.3. The number of fused-ring (bicyclic) bond motifs is 2. The number of phenols is 2. The van der Waals surface area contributed by atoms with Crippen molar-refractivity contribution in [1.29, 1.82) is 0 Å². The van der Waals surface area contributed by atoms with Gasteiger partial charge in [-0.1, -0.05) is 141 Å². The highest BCUT2D eigenvalue weighted by Crippen LogP contribution is 2.50. The second-order valence-electron chi connectivity index (χ2n) is 20.9. The van der Waals surface area contributed by atoms with E-state index in [4.69, 9.17) is 15.2 Å². The van der Waals surface area contributed by atoms with Gasteiger partial charge in [-0.25, -0.2) is 0 Å². The molecule has 0 saturated heterocycles. The third-order valence-electron chi connectivity index (χ3n) is 15.8. The van der Waals surface area contributed by atoms with E-state index >= 15 is 0 Å². The number of benzene rings is 5. The van der Waals surface area contributed by atoms with Gasteiger partial charge in [0.2, 0.25) is 11.6 Å². The molecule has 5 N–H and O–H groups in total. The van der Waals surface area contributed by atoms with Crippen molar-refractivity contribution < 1.29 is 29.3 Å². The number of hydrogen-bond acceptors (Lipinski definition) is 8. The van der Waals surface area contributed by atoms with E-state index in [9.17, 15) is 19.8 Å². The van der Waals surface area contributed by atoms with E-state index in [0.29, 0.717) is 29.0 Å². The van der Waals surface area contributed by atoms with Gasteiger partial charge in [0.1, 0.15) is 11.5 Å². The summed E-state index contributed by atoms with van der Waals surface area (Å²) in [7, 11) is 0. The smallest absolute Gasteiger partial charge is 0.200 e. The first-order valence-electron chi connectivity index (χ1n) is 27.2. The Bertz CT molecular complexity index is 2510. The number of rotatable bonds is 23. The Morgan fingerprint density at radius 3 is 1.44 bits per heavy atom. The van der Waals surface area contributed by atoms with Crippen molar-refractivity contribution in [2.45, 2.75) is 180 Å². The first-order valence-corrected chi connectivity index (χ1v) is 27.2. The molecule has 2 fully saturated rings. The molecular weight excluding hydrogens is 869 g/mol. The molecule has 0 atom stereocenters. The molecule has 70 heavy (non-hydrogen) atoms. The van der Waals surface area contributed by atoms with Crippen LogP contribution in [0.5, 0.6) is 34.5 Å². The van der Waals surface area contributed by atoms with Gasteiger partial charge in [-0.2, -0.15) is 0 Å². The molecule has 0 radical (unpaired) electrons. The fraction of sp³-hybridized carbons (Fsp3) is 0.484. The summed E-state index contributed by atoms with van der Waals surface area (Å²) >= 11 is 0. The molecule has 5 aromatic carbocycles. The van der Waals surface area contributed by atoms with Crippen LogP contribution in [0.25, 0.3) is 0 Å². The van der Waals surface area contributed by atoms with Crippen LogP contribution in [0.2, 0.25) is 0 Å². The van der Waals surface area contributed by atoms with Crippen LogP contribution in [0.4, 0.5) is 17.1 Å². The second-order valence-corrected chi connectivity index (χ2v) is 20.9. The number of aryl methyl sites for hydroxylation is 1. The molecule has 0 aromatic heterocycles. The molecule has 372 valence electrons. The lowest BCUT2D eigenvalue weighted by molar-refractivity contribution is 0.0974. The number of carbonyl (C=O) groups is 2. The number of aromatic hydroxyl groups is 2. The number of hydrogen-bond donors (Lipinski definition) is 4. The molecule has 0 unspecified atom stereocenters. The molecule has 0 heterocycles. The fourth-order valence-electron chi connectivity index (χ4n) is 11.5. The Balaban J connectivity index is 1.01. The van der Waals surface area contributed by atoms with Gasteiger partial charge >= 0.3 is 0 Å². The molecule has 0 amide bonds. The van der Waals surface area contributed by atoms with Crippen LogP contribution < -0.4 is 20.5 Å². The maximum absolute atomic E-state index is 14.9. The average molecular weight is 947 g/mol. The quantitative estimate of drug-likeness (QED) is 0.0284. The van der Waals surface area contributed by atoms with Crippen molar-refractivity contribution >= 4 is 28.6 Å². The maximum Gasteiger partial charge on any atom is 0.200 e. The molecule has 0 aliphatic heterocycles. The topological polar surface area (TPSA) is 131 Å². The molecule has 8 heteroatoms. The van der Waals surface area contributed by atoms with Crippen LogP contribution in [0.3, 0.4) is 0 Å². The zero-order valence-corrected chi connectivity index (χ0v) is 42.3. The lowest BCUT2D eigenvalue weighted by atomic mass is 9.77. The summed E-state index contributed by atoms with van der Waals surface area (Å²) in [5.41, 5.74) is 10.4. The molecule has 3 aliphatic carbocycles. The maximum atomic E-state index is 14.9. The van der Waals surface area contributed by atoms with Crippen LogP contribution in [0, 0.1) is 11.8 Å². The average Bonchev–Trinajstić information content (AvgIpc) is 3.38. The number of phenolic OH excluding ortho intramolecular Hbond substituents is 2. The van der Waals surface area contributed by atoms with E-state index in [-0.39, 0.29) is 45.1 Å². The molecule has 0 bridgehead atoms. The predicted octanol–water partition coefficient (Wildman–Crippen LogP) is 17.4. The Labute approximate surface area is 417 Å². The van der Waals surface area contributed by atoms with Crippen molar-refractivity contribution in [3.63, 3.8) is 0 Å². The summed E-state index contributed by atoms with van der Waals surface area (Å²) < 4.78 is 12.6. The highest BCUT2D eigenvalue weighted by molar-refractivity contribution is 6.34. The van der Waals surface area contributed by atoms with Crippen LogP contribution in [-0.4, -0.2) is 21.8 Å². The van der Waals surface area contributed by atoms with Gasteiger partial charge in [0.15, 0.2) is 23.0 Å². The molecule has 2 saturated carbocycles. The van der Waals surface area contributed by atoms with E-state index in [2.05, 4.69) is 50.4 Å². The van der Waals surface area contributed by atoms with E-state index < -0.39 is 23.1 Å². The molecular formula is C62H78N2O6. The van der Waals surface area contributed by atoms with Gasteiger partial charge in [0.25, 0.3) is 0 Å². The highest BCUT2D eigenvalue weighted by atomic mass is 16.5. The minimum absolute atomic E-state index is 0.00894. The van der Waals surface area contributed by atoms with Crippen molar-refractivity contribution in [1.82, 2.24) is 0 Å². The second kappa shape index (κ2) is 24.4. The number of nitrogens with two attached hydrogens (primary N) is 1. The lowest BCUT2D eigenvalue weighted by Gasteiger charge is -2.29. The van der Waals surface area contributed by atoms with Gasteiger partial charge < -0.3 is 30.7 Å². The van der Waals surface area contributed by atoms with Gasteiger partial charge in [-0.05, 0) is 141 Å². The summed E-state index contributed by atoms with van der Waals surface area (Å²) in [5, 5.41) is 27.2.